The van der Waals surface area contributed by atoms with Crippen molar-refractivity contribution in [3.8, 4) is 0 Å². The monoisotopic (exact) mass is 269 g/mol. The van der Waals surface area contributed by atoms with E-state index in [9.17, 15) is 0 Å². The first-order valence-electron chi connectivity index (χ1n) is 7.17. The third kappa shape index (κ3) is 4.72. The summed E-state index contributed by atoms with van der Waals surface area (Å²) >= 11 is 0. The summed E-state index contributed by atoms with van der Waals surface area (Å²) in [4.78, 5) is 0. The molecule has 0 N–H and O–H groups in total. The van der Waals surface area contributed by atoms with Gasteiger partial charge in [0.05, 0.1) is 8.07 Å². The highest BCUT2D eigenvalue weighted by Gasteiger charge is 2.33. The zero-order valence-electron chi connectivity index (χ0n) is 12.6. The molecule has 0 atom stereocenters. The second kappa shape index (κ2) is 5.85. The van der Waals surface area contributed by atoms with E-state index >= 15 is 0 Å². The highest BCUT2D eigenvalue weighted by atomic mass is 28.3. The Labute approximate surface area is 110 Å². The molecule has 1 rings (SSSR count). The van der Waals surface area contributed by atoms with E-state index in [-0.39, 0.29) is 0 Å². The van der Waals surface area contributed by atoms with Gasteiger partial charge in [0.1, 0.15) is 8.24 Å². The van der Waals surface area contributed by atoms with Crippen LogP contribution in [0.25, 0.3) is 0 Å². The summed E-state index contributed by atoms with van der Waals surface area (Å²) in [6.45, 7) is 17.8. The summed E-state index contributed by atoms with van der Waals surface area (Å²) in [7, 11) is -2.27. The normalized spacial score (nSPS) is 18.9. The van der Waals surface area contributed by atoms with Crippen molar-refractivity contribution in [2.24, 2.45) is 0 Å². The van der Waals surface area contributed by atoms with E-state index in [2.05, 4.69) is 49.6 Å². The van der Waals surface area contributed by atoms with Crippen LogP contribution in [-0.4, -0.2) is 33.5 Å². The molecule has 3 heteroatoms. The smallest absolute Gasteiger partial charge is 0.119 e. The van der Waals surface area contributed by atoms with Gasteiger partial charge in [-0.3, -0.25) is 0 Å². The van der Waals surface area contributed by atoms with Crippen LogP contribution in [0.4, 0.5) is 0 Å². The molecule has 1 saturated carbocycles. The molecule has 0 bridgehead atoms. The highest BCUT2D eigenvalue weighted by molar-refractivity contribution is 6.82. The minimum absolute atomic E-state index is 0.899. The summed E-state index contributed by atoms with van der Waals surface area (Å²) in [5.74, 6) is 0. The first-order chi connectivity index (χ1) is 7.76. The number of hydrogen-bond donors (Lipinski definition) is 0. The van der Waals surface area contributed by atoms with Gasteiger partial charge in [-0.2, -0.15) is 0 Å². The molecule has 1 fully saturated rings. The van der Waals surface area contributed by atoms with Crippen molar-refractivity contribution in [1.29, 1.82) is 0 Å². The average molecular weight is 270 g/mol. The van der Waals surface area contributed by atoms with Crippen molar-refractivity contribution in [3.05, 3.63) is 12.3 Å². The molecule has 0 aromatic carbocycles. The summed E-state index contributed by atoms with van der Waals surface area (Å²) in [5, 5.41) is 0. The van der Waals surface area contributed by atoms with E-state index in [1.807, 2.05) is 0 Å². The quantitative estimate of drug-likeness (QED) is 0.642. The molecule has 1 aliphatic carbocycles. The van der Waals surface area contributed by atoms with Crippen LogP contribution < -0.4 is 0 Å². The first-order valence-corrected chi connectivity index (χ1v) is 13.9. The Morgan fingerprint density at radius 3 is 2.06 bits per heavy atom. The summed E-state index contributed by atoms with van der Waals surface area (Å²) < 4.78 is 2.90. The van der Waals surface area contributed by atoms with E-state index in [0.29, 0.717) is 0 Å². The molecule has 0 radical (unpaired) electrons. The second-order valence-electron chi connectivity index (χ2n) is 7.25. The van der Waals surface area contributed by atoms with Gasteiger partial charge in [-0.05, 0) is 25.4 Å². The lowest BCUT2D eigenvalue weighted by Gasteiger charge is -2.40. The lowest BCUT2D eigenvalue weighted by atomic mass is 10.2. The van der Waals surface area contributed by atoms with Crippen LogP contribution in [-0.2, 0) is 0 Å². The molecule has 0 saturated heterocycles. The SMILES string of the molecule is C=C[Si](C)(C)CCN(C1CCCC1)[Si](C)(C)C. The van der Waals surface area contributed by atoms with Crippen molar-refractivity contribution in [2.45, 2.75) is 70.5 Å². The van der Waals surface area contributed by atoms with Gasteiger partial charge in [0.25, 0.3) is 0 Å². The molecule has 1 nitrogen and oxygen atoms in total. The van der Waals surface area contributed by atoms with E-state index < -0.39 is 16.3 Å². The lowest BCUT2D eigenvalue weighted by Crippen LogP contribution is -2.52. The molecule has 0 aliphatic heterocycles. The topological polar surface area (TPSA) is 3.24 Å². The summed E-state index contributed by atoms with van der Waals surface area (Å²) in [5.41, 5.74) is 2.25. The highest BCUT2D eigenvalue weighted by Crippen LogP contribution is 2.28. The molecular weight excluding hydrogens is 238 g/mol. The standard InChI is InChI=1S/C14H31NSi2/c1-7-17(5,6)13-12-15(16(2,3)4)14-10-8-9-11-14/h7,14H,1,8-13H2,2-6H3. The van der Waals surface area contributed by atoms with E-state index in [4.69, 9.17) is 0 Å². The maximum atomic E-state index is 4.02. The van der Waals surface area contributed by atoms with E-state index in [1.165, 1.54) is 38.3 Å². The predicted octanol–water partition coefficient (Wildman–Crippen LogP) is 4.50. The van der Waals surface area contributed by atoms with Gasteiger partial charge in [0, 0.05) is 6.04 Å². The Morgan fingerprint density at radius 2 is 1.65 bits per heavy atom. The lowest BCUT2D eigenvalue weighted by molar-refractivity contribution is 0.332. The molecule has 100 valence electrons. The summed E-state index contributed by atoms with van der Waals surface area (Å²) in [6.07, 6.45) is 5.79. The van der Waals surface area contributed by atoms with E-state index in [1.54, 1.807) is 0 Å². The number of nitrogens with zero attached hydrogens (tertiary/aromatic N) is 1. The zero-order valence-corrected chi connectivity index (χ0v) is 14.6. The van der Waals surface area contributed by atoms with Gasteiger partial charge in [-0.25, -0.2) is 0 Å². The van der Waals surface area contributed by atoms with Crippen LogP contribution in [0, 0.1) is 0 Å². The molecule has 17 heavy (non-hydrogen) atoms. The van der Waals surface area contributed by atoms with E-state index in [0.717, 1.165) is 6.04 Å². The third-order valence-electron chi connectivity index (χ3n) is 4.18. The Hall–Kier alpha value is 0.134. The molecule has 0 aromatic heterocycles. The molecule has 0 unspecified atom stereocenters. The maximum Gasteiger partial charge on any atom is 0.119 e. The molecule has 0 spiro atoms. The minimum Gasteiger partial charge on any atom is -0.321 e. The van der Waals surface area contributed by atoms with Crippen LogP contribution in [0.5, 0.6) is 0 Å². The van der Waals surface area contributed by atoms with Crippen molar-refractivity contribution >= 4 is 16.3 Å². The van der Waals surface area contributed by atoms with Crippen molar-refractivity contribution in [3.63, 3.8) is 0 Å². The van der Waals surface area contributed by atoms with Gasteiger partial charge in [-0.1, -0.05) is 45.6 Å². The fourth-order valence-electron chi connectivity index (χ4n) is 2.79. The van der Waals surface area contributed by atoms with Crippen molar-refractivity contribution in [1.82, 2.24) is 4.57 Å². The van der Waals surface area contributed by atoms with Crippen LogP contribution in [0.15, 0.2) is 12.3 Å². The largest absolute Gasteiger partial charge is 0.321 e. The Bertz CT molecular complexity index is 249. The van der Waals surface area contributed by atoms with Crippen LogP contribution in [0.3, 0.4) is 0 Å². The fraction of sp³-hybridized carbons (Fsp3) is 0.857. The van der Waals surface area contributed by atoms with Gasteiger partial charge in [0.15, 0.2) is 0 Å². The van der Waals surface area contributed by atoms with Crippen LogP contribution in [0.2, 0.25) is 38.8 Å². The molecule has 0 heterocycles. The molecule has 0 aromatic rings. The Morgan fingerprint density at radius 1 is 1.12 bits per heavy atom. The first kappa shape index (κ1) is 15.2. The fourth-order valence-corrected chi connectivity index (χ4v) is 6.17. The number of rotatable bonds is 6. The summed E-state index contributed by atoms with van der Waals surface area (Å²) in [6, 6.07) is 2.29. The Kier molecular flexibility index (Phi) is 5.23. The molecular formula is C14H31NSi2. The Balaban J connectivity index is 2.61. The predicted molar refractivity (Wildman–Crippen MR) is 84.8 cm³/mol. The maximum absolute atomic E-state index is 4.02. The van der Waals surface area contributed by atoms with Gasteiger partial charge in [0.2, 0.25) is 0 Å². The van der Waals surface area contributed by atoms with Gasteiger partial charge in [-0.15, -0.1) is 12.3 Å². The molecule has 1 aliphatic rings. The number of hydrogen-bond acceptors (Lipinski definition) is 1. The average Bonchev–Trinajstić information content (AvgIpc) is 2.69. The van der Waals surface area contributed by atoms with Crippen molar-refractivity contribution < 1.29 is 0 Å². The van der Waals surface area contributed by atoms with Crippen molar-refractivity contribution in [2.75, 3.05) is 6.54 Å². The minimum atomic E-state index is -1.14. The molecule has 0 amide bonds. The third-order valence-corrected chi connectivity index (χ3v) is 9.11. The zero-order chi connectivity index (χ0) is 13.1. The van der Waals surface area contributed by atoms with Crippen LogP contribution in [0.1, 0.15) is 25.7 Å². The second-order valence-corrected chi connectivity index (χ2v) is 17.0. The van der Waals surface area contributed by atoms with Gasteiger partial charge >= 0.3 is 0 Å². The van der Waals surface area contributed by atoms with Crippen LogP contribution >= 0.6 is 0 Å². The van der Waals surface area contributed by atoms with Gasteiger partial charge < -0.3 is 4.57 Å².